The van der Waals surface area contributed by atoms with Crippen molar-refractivity contribution in [3.05, 3.63) is 75.8 Å². The van der Waals surface area contributed by atoms with Gasteiger partial charge in [-0.05, 0) is 23.3 Å². The van der Waals surface area contributed by atoms with Crippen LogP contribution in [0.2, 0.25) is 0 Å². The van der Waals surface area contributed by atoms with Gasteiger partial charge >= 0.3 is 5.97 Å². The maximum atomic E-state index is 12.3. The van der Waals surface area contributed by atoms with Gasteiger partial charge in [-0.15, -0.1) is 0 Å². The number of methoxy groups -OCH3 is 2. The zero-order chi connectivity index (χ0) is 18.7. The van der Waals surface area contributed by atoms with Crippen molar-refractivity contribution in [3.8, 4) is 5.75 Å². The van der Waals surface area contributed by atoms with Crippen LogP contribution in [-0.2, 0) is 9.53 Å². The maximum Gasteiger partial charge on any atom is 0.323 e. The lowest BCUT2D eigenvalue weighted by Crippen LogP contribution is -2.37. The van der Waals surface area contributed by atoms with Gasteiger partial charge in [-0.25, -0.2) is 0 Å². The predicted molar refractivity (Wildman–Crippen MR) is 94.6 cm³/mol. The molecular weight excluding hydrogens is 336 g/mol. The Kier molecular flexibility index (Phi) is 5.18. The highest BCUT2D eigenvalue weighted by Gasteiger charge is 2.54. The predicted octanol–water partition coefficient (Wildman–Crippen LogP) is 2.31. The first-order valence-electron chi connectivity index (χ1n) is 8.23. The number of benzene rings is 2. The van der Waals surface area contributed by atoms with Crippen molar-refractivity contribution in [2.24, 2.45) is 0 Å². The van der Waals surface area contributed by atoms with Crippen LogP contribution in [0.1, 0.15) is 23.1 Å². The van der Waals surface area contributed by atoms with Crippen LogP contribution in [-0.4, -0.2) is 37.2 Å². The fourth-order valence-electron chi connectivity index (χ4n) is 3.56. The number of nitrogens with one attached hydrogen (secondary N) is 1. The molecule has 0 saturated carbocycles. The number of carbonyl (C=O) groups is 1. The minimum atomic E-state index is -1.00. The van der Waals surface area contributed by atoms with Crippen LogP contribution >= 0.6 is 0 Å². The van der Waals surface area contributed by atoms with Crippen LogP contribution in [0, 0.1) is 10.1 Å². The van der Waals surface area contributed by atoms with E-state index in [2.05, 4.69) is 5.32 Å². The summed E-state index contributed by atoms with van der Waals surface area (Å²) in [6, 6.07) is 13.7. The molecule has 0 bridgehead atoms. The van der Waals surface area contributed by atoms with Crippen LogP contribution in [0.3, 0.4) is 0 Å². The van der Waals surface area contributed by atoms with E-state index in [1.165, 1.54) is 7.11 Å². The highest BCUT2D eigenvalue weighted by molar-refractivity contribution is 5.78. The Hall–Kier alpha value is -2.93. The van der Waals surface area contributed by atoms with Gasteiger partial charge in [0.25, 0.3) is 0 Å². The molecule has 2 aromatic carbocycles. The number of hydrogen-bond acceptors (Lipinski definition) is 6. The van der Waals surface area contributed by atoms with Gasteiger partial charge < -0.3 is 9.47 Å². The second-order valence-corrected chi connectivity index (χ2v) is 6.13. The lowest BCUT2D eigenvalue weighted by Gasteiger charge is -2.19. The molecule has 4 atom stereocenters. The largest absolute Gasteiger partial charge is 0.497 e. The number of nitro groups is 1. The zero-order valence-corrected chi connectivity index (χ0v) is 14.5. The summed E-state index contributed by atoms with van der Waals surface area (Å²) in [4.78, 5) is 24.0. The Bertz CT molecular complexity index is 778. The third kappa shape index (κ3) is 3.25. The van der Waals surface area contributed by atoms with Crippen LogP contribution in [0.4, 0.5) is 0 Å². The lowest BCUT2D eigenvalue weighted by atomic mass is 9.85. The Morgan fingerprint density at radius 2 is 1.69 bits per heavy atom. The van der Waals surface area contributed by atoms with Crippen LogP contribution in [0.5, 0.6) is 5.75 Å². The first-order chi connectivity index (χ1) is 12.6. The number of hydrogen-bond donors (Lipinski definition) is 1. The average Bonchev–Trinajstić information content (AvgIpc) is 3.09. The first-order valence-corrected chi connectivity index (χ1v) is 8.23. The smallest absolute Gasteiger partial charge is 0.323 e. The number of esters is 1. The summed E-state index contributed by atoms with van der Waals surface area (Å²) in [5.74, 6) is -0.531. The molecule has 136 valence electrons. The molecule has 1 aliphatic heterocycles. The minimum absolute atomic E-state index is 0.317. The van der Waals surface area contributed by atoms with Crippen molar-refractivity contribution in [1.29, 1.82) is 0 Å². The highest BCUT2D eigenvalue weighted by Crippen LogP contribution is 2.40. The van der Waals surface area contributed by atoms with Crippen molar-refractivity contribution < 1.29 is 19.2 Å². The lowest BCUT2D eigenvalue weighted by molar-refractivity contribution is -0.527. The molecular formula is C19H20N2O5. The summed E-state index contributed by atoms with van der Waals surface area (Å²) >= 11 is 0. The van der Waals surface area contributed by atoms with Gasteiger partial charge in [0, 0.05) is 4.92 Å². The number of ether oxygens (including phenoxy) is 2. The van der Waals surface area contributed by atoms with E-state index in [4.69, 9.17) is 9.47 Å². The van der Waals surface area contributed by atoms with Gasteiger partial charge in [0.1, 0.15) is 17.8 Å². The Labute approximate surface area is 151 Å². The van der Waals surface area contributed by atoms with E-state index in [0.717, 1.165) is 5.56 Å². The molecule has 0 radical (unpaired) electrons. The van der Waals surface area contributed by atoms with Gasteiger partial charge in [0.2, 0.25) is 6.04 Å². The van der Waals surface area contributed by atoms with Crippen LogP contribution < -0.4 is 10.1 Å². The fraction of sp³-hybridized carbons (Fsp3) is 0.316. The third-order valence-corrected chi connectivity index (χ3v) is 4.79. The maximum absolute atomic E-state index is 12.3. The summed E-state index contributed by atoms with van der Waals surface area (Å²) in [7, 11) is 2.83. The molecule has 1 N–H and O–H groups in total. The summed E-state index contributed by atoms with van der Waals surface area (Å²) in [5.41, 5.74) is 1.45. The minimum Gasteiger partial charge on any atom is -0.497 e. The number of nitrogens with zero attached hydrogens (tertiary/aromatic N) is 1. The van der Waals surface area contributed by atoms with Gasteiger partial charge in [-0.2, -0.15) is 0 Å². The molecule has 7 nitrogen and oxygen atoms in total. The van der Waals surface area contributed by atoms with Gasteiger partial charge in [-0.1, -0.05) is 42.5 Å². The van der Waals surface area contributed by atoms with Gasteiger partial charge in [0.05, 0.1) is 20.1 Å². The molecule has 1 saturated heterocycles. The van der Waals surface area contributed by atoms with E-state index in [0.29, 0.717) is 11.3 Å². The molecule has 26 heavy (non-hydrogen) atoms. The van der Waals surface area contributed by atoms with E-state index < -0.39 is 30.0 Å². The highest BCUT2D eigenvalue weighted by atomic mass is 16.6. The third-order valence-electron chi connectivity index (χ3n) is 4.79. The molecule has 3 rings (SSSR count). The van der Waals surface area contributed by atoms with E-state index in [1.54, 1.807) is 31.4 Å². The SMILES string of the molecule is COC(=O)[C@H]1N[C@@H](c2ccccc2)C([N+](=O)[O-])[C@@H]1c1ccc(OC)cc1. The standard InChI is InChI=1S/C19H20N2O5/c1-25-14-10-8-12(9-11-14)15-17(19(22)26-2)20-16(18(15)21(23)24)13-6-4-3-5-7-13/h3-11,15-18,20H,1-2H3/t15-,16+,17+,18?/m1/s1. The normalized spacial score (nSPS) is 24.8. The summed E-state index contributed by atoms with van der Waals surface area (Å²) < 4.78 is 10.0. The molecule has 1 heterocycles. The van der Waals surface area contributed by atoms with Gasteiger partial charge in [-0.3, -0.25) is 20.2 Å². The Balaban J connectivity index is 2.06. The summed E-state index contributed by atoms with van der Waals surface area (Å²) in [6.45, 7) is 0. The zero-order valence-electron chi connectivity index (χ0n) is 14.5. The summed E-state index contributed by atoms with van der Waals surface area (Å²) in [5, 5.41) is 15.1. The molecule has 1 fully saturated rings. The molecule has 0 aliphatic carbocycles. The molecule has 7 heteroatoms. The monoisotopic (exact) mass is 356 g/mol. The van der Waals surface area contributed by atoms with Crippen molar-refractivity contribution in [2.75, 3.05) is 14.2 Å². The topological polar surface area (TPSA) is 90.7 Å². The molecule has 0 aromatic heterocycles. The van der Waals surface area contributed by atoms with Crippen molar-refractivity contribution in [1.82, 2.24) is 5.32 Å². The Morgan fingerprint density at radius 3 is 2.23 bits per heavy atom. The van der Waals surface area contributed by atoms with Crippen molar-refractivity contribution >= 4 is 5.97 Å². The van der Waals surface area contributed by atoms with Crippen LogP contribution in [0.15, 0.2) is 54.6 Å². The second kappa shape index (κ2) is 7.53. The van der Waals surface area contributed by atoms with Crippen molar-refractivity contribution in [2.45, 2.75) is 24.0 Å². The molecule has 2 aromatic rings. The number of carbonyl (C=O) groups excluding carboxylic acids is 1. The molecule has 0 amide bonds. The van der Waals surface area contributed by atoms with E-state index >= 15 is 0 Å². The average molecular weight is 356 g/mol. The molecule has 0 spiro atoms. The van der Waals surface area contributed by atoms with E-state index in [1.807, 2.05) is 30.3 Å². The molecule has 1 aliphatic rings. The van der Waals surface area contributed by atoms with E-state index in [9.17, 15) is 14.9 Å². The van der Waals surface area contributed by atoms with Crippen LogP contribution in [0.25, 0.3) is 0 Å². The van der Waals surface area contributed by atoms with Gasteiger partial charge in [0.15, 0.2) is 0 Å². The van der Waals surface area contributed by atoms with E-state index in [-0.39, 0.29) is 4.92 Å². The molecule has 1 unspecified atom stereocenters. The Morgan fingerprint density at radius 1 is 1.04 bits per heavy atom. The van der Waals surface area contributed by atoms with Crippen molar-refractivity contribution in [3.63, 3.8) is 0 Å². The quantitative estimate of drug-likeness (QED) is 0.502. The second-order valence-electron chi connectivity index (χ2n) is 6.13. The summed E-state index contributed by atoms with van der Waals surface area (Å²) in [6.07, 6.45) is 0. The fourth-order valence-corrected chi connectivity index (χ4v) is 3.56. The first kappa shape index (κ1) is 17.9. The number of rotatable bonds is 5.